The topological polar surface area (TPSA) is 68.6 Å². The van der Waals surface area contributed by atoms with E-state index in [0.717, 1.165) is 5.56 Å². The van der Waals surface area contributed by atoms with Crippen molar-refractivity contribution in [2.45, 2.75) is 6.42 Å². The van der Waals surface area contributed by atoms with Crippen molar-refractivity contribution < 1.29 is 4.79 Å². The molecule has 0 aliphatic carbocycles. The minimum Gasteiger partial charge on any atom is -0.294 e. The summed E-state index contributed by atoms with van der Waals surface area (Å²) in [6.07, 6.45) is 1.77. The van der Waals surface area contributed by atoms with Crippen LogP contribution < -0.4 is 0 Å². The van der Waals surface area contributed by atoms with Gasteiger partial charge in [0.2, 0.25) is 5.82 Å². The van der Waals surface area contributed by atoms with E-state index >= 15 is 0 Å². The fourth-order valence-corrected chi connectivity index (χ4v) is 2.92. The molecule has 0 amide bonds. The van der Waals surface area contributed by atoms with Gasteiger partial charge in [0, 0.05) is 22.3 Å². The number of halogens is 1. The summed E-state index contributed by atoms with van der Waals surface area (Å²) in [6, 6.07) is 21.9. The zero-order valence-electron chi connectivity index (χ0n) is 14.8. The first-order valence-corrected chi connectivity index (χ1v) is 9.08. The van der Waals surface area contributed by atoms with Crippen LogP contribution in [0.15, 0.2) is 79.0 Å². The molecule has 0 bridgehead atoms. The minimum absolute atomic E-state index is 0.0682. The fraction of sp³-hybridized carbons (Fsp3) is 0.0455. The van der Waals surface area contributed by atoms with Crippen LogP contribution >= 0.6 is 11.6 Å². The highest BCUT2D eigenvalue weighted by atomic mass is 35.5. The van der Waals surface area contributed by atoms with E-state index in [2.05, 4.69) is 20.2 Å². The van der Waals surface area contributed by atoms with Crippen LogP contribution in [-0.2, 0) is 6.42 Å². The van der Waals surface area contributed by atoms with E-state index in [0.29, 0.717) is 33.5 Å². The first kappa shape index (κ1) is 17.9. The van der Waals surface area contributed by atoms with Gasteiger partial charge in [0.05, 0.1) is 12.1 Å². The van der Waals surface area contributed by atoms with Crippen molar-refractivity contribution >= 4 is 17.4 Å². The number of hydrogen-bond acceptors (Lipinski definition) is 5. The first-order valence-electron chi connectivity index (χ1n) is 8.70. The van der Waals surface area contributed by atoms with Gasteiger partial charge in [-0.1, -0.05) is 48.0 Å². The number of carbonyl (C=O) groups is 1. The van der Waals surface area contributed by atoms with Crippen LogP contribution in [0, 0.1) is 0 Å². The van der Waals surface area contributed by atoms with Crippen molar-refractivity contribution in [1.29, 1.82) is 0 Å². The van der Waals surface area contributed by atoms with Crippen LogP contribution in [0.25, 0.3) is 22.8 Å². The minimum atomic E-state index is -0.0682. The Bertz CT molecular complexity index is 1100. The molecule has 6 heteroatoms. The zero-order valence-corrected chi connectivity index (χ0v) is 15.5. The SMILES string of the molecule is O=C(Cc1nc(-c2ccccn2)nnc1-c1ccccc1)c1ccc(Cl)cc1. The maximum atomic E-state index is 12.8. The third-order valence-corrected chi connectivity index (χ3v) is 4.45. The highest BCUT2D eigenvalue weighted by Gasteiger charge is 2.17. The second-order valence-corrected chi connectivity index (χ2v) is 6.55. The molecule has 0 aliphatic heterocycles. The number of nitrogens with zero attached hydrogens (tertiary/aromatic N) is 4. The molecule has 136 valence electrons. The molecule has 0 fully saturated rings. The van der Waals surface area contributed by atoms with Gasteiger partial charge in [-0.25, -0.2) is 4.98 Å². The Kier molecular flexibility index (Phi) is 5.17. The molecular formula is C22H15ClN4O. The number of hydrogen-bond donors (Lipinski definition) is 0. The molecule has 2 aromatic heterocycles. The van der Waals surface area contributed by atoms with Gasteiger partial charge in [0.1, 0.15) is 11.4 Å². The van der Waals surface area contributed by atoms with Crippen LogP contribution in [0.1, 0.15) is 16.1 Å². The largest absolute Gasteiger partial charge is 0.294 e. The number of aromatic nitrogens is 4. The van der Waals surface area contributed by atoms with Crippen LogP contribution in [-0.4, -0.2) is 25.9 Å². The highest BCUT2D eigenvalue weighted by Crippen LogP contribution is 2.23. The van der Waals surface area contributed by atoms with Gasteiger partial charge in [0.25, 0.3) is 0 Å². The molecule has 4 aromatic rings. The van der Waals surface area contributed by atoms with Gasteiger partial charge >= 0.3 is 0 Å². The van der Waals surface area contributed by atoms with Gasteiger partial charge in [0.15, 0.2) is 5.78 Å². The van der Waals surface area contributed by atoms with E-state index in [1.54, 1.807) is 30.5 Å². The van der Waals surface area contributed by atoms with Crippen molar-refractivity contribution in [3.8, 4) is 22.8 Å². The summed E-state index contributed by atoms with van der Waals surface area (Å²) in [5.41, 5.74) is 3.18. The Balaban J connectivity index is 1.75. The lowest BCUT2D eigenvalue weighted by Gasteiger charge is -2.09. The molecule has 2 aromatic carbocycles. The predicted octanol–water partition coefficient (Wildman–Crippen LogP) is 4.68. The molecule has 5 nitrogen and oxygen atoms in total. The van der Waals surface area contributed by atoms with E-state index < -0.39 is 0 Å². The van der Waals surface area contributed by atoms with Crippen LogP contribution in [0.2, 0.25) is 5.02 Å². The Morgan fingerprint density at radius 2 is 1.61 bits per heavy atom. The zero-order chi connectivity index (χ0) is 19.3. The highest BCUT2D eigenvalue weighted by molar-refractivity contribution is 6.30. The monoisotopic (exact) mass is 386 g/mol. The maximum absolute atomic E-state index is 12.8. The number of rotatable bonds is 5. The van der Waals surface area contributed by atoms with Crippen molar-refractivity contribution in [2.75, 3.05) is 0 Å². The third-order valence-electron chi connectivity index (χ3n) is 4.19. The standard InChI is InChI=1S/C22H15ClN4O/c23-17-11-9-15(10-12-17)20(28)14-19-21(16-6-2-1-3-7-16)26-27-22(25-19)18-8-4-5-13-24-18/h1-13H,14H2. The summed E-state index contributed by atoms with van der Waals surface area (Å²) in [5.74, 6) is 0.320. The molecule has 0 unspecified atom stereocenters. The third kappa shape index (κ3) is 3.94. The fourth-order valence-electron chi connectivity index (χ4n) is 2.80. The van der Waals surface area contributed by atoms with E-state index in [1.807, 2.05) is 48.5 Å². The summed E-state index contributed by atoms with van der Waals surface area (Å²) in [6.45, 7) is 0. The normalized spacial score (nSPS) is 10.6. The van der Waals surface area contributed by atoms with Crippen molar-refractivity contribution in [2.24, 2.45) is 0 Å². The quantitative estimate of drug-likeness (QED) is 0.466. The van der Waals surface area contributed by atoms with E-state index in [9.17, 15) is 4.79 Å². The van der Waals surface area contributed by atoms with Crippen molar-refractivity contribution in [1.82, 2.24) is 20.2 Å². The molecule has 0 spiro atoms. The molecule has 0 radical (unpaired) electrons. The second-order valence-electron chi connectivity index (χ2n) is 6.12. The number of carbonyl (C=O) groups excluding carboxylic acids is 1. The lowest BCUT2D eigenvalue weighted by molar-refractivity contribution is 0.0992. The lowest BCUT2D eigenvalue weighted by atomic mass is 10.0. The summed E-state index contributed by atoms with van der Waals surface area (Å²) in [4.78, 5) is 21.7. The molecule has 0 N–H and O–H groups in total. The average molecular weight is 387 g/mol. The first-order chi connectivity index (χ1) is 13.7. The lowest BCUT2D eigenvalue weighted by Crippen LogP contribution is -2.10. The Morgan fingerprint density at radius 1 is 0.857 bits per heavy atom. The molecule has 2 heterocycles. The van der Waals surface area contributed by atoms with Crippen molar-refractivity contribution in [3.63, 3.8) is 0 Å². The Morgan fingerprint density at radius 3 is 2.32 bits per heavy atom. The number of ketones is 1. The Hall–Kier alpha value is -3.44. The molecule has 0 atom stereocenters. The van der Waals surface area contributed by atoms with Gasteiger partial charge in [-0.2, -0.15) is 0 Å². The molecule has 0 saturated heterocycles. The average Bonchev–Trinajstić information content (AvgIpc) is 2.75. The summed E-state index contributed by atoms with van der Waals surface area (Å²) in [5, 5.41) is 9.17. The summed E-state index contributed by atoms with van der Waals surface area (Å²) in [7, 11) is 0. The predicted molar refractivity (Wildman–Crippen MR) is 108 cm³/mol. The van der Waals surface area contributed by atoms with Gasteiger partial charge in [-0.3, -0.25) is 9.78 Å². The summed E-state index contributed by atoms with van der Waals surface area (Å²) >= 11 is 5.92. The maximum Gasteiger partial charge on any atom is 0.200 e. The molecule has 0 saturated carbocycles. The number of Topliss-reactive ketones (excluding diaryl/α,β-unsaturated/α-hetero) is 1. The van der Waals surface area contributed by atoms with E-state index in [-0.39, 0.29) is 12.2 Å². The molecule has 4 rings (SSSR count). The summed E-state index contributed by atoms with van der Waals surface area (Å²) < 4.78 is 0. The molecule has 0 aliphatic rings. The van der Waals surface area contributed by atoms with Crippen LogP contribution in [0.5, 0.6) is 0 Å². The number of benzene rings is 2. The van der Waals surface area contributed by atoms with Crippen LogP contribution in [0.4, 0.5) is 0 Å². The van der Waals surface area contributed by atoms with Crippen LogP contribution in [0.3, 0.4) is 0 Å². The van der Waals surface area contributed by atoms with Gasteiger partial charge < -0.3 is 0 Å². The Labute approximate surface area is 167 Å². The molecular weight excluding hydrogens is 372 g/mol. The van der Waals surface area contributed by atoms with Gasteiger partial charge in [-0.15, -0.1) is 10.2 Å². The smallest absolute Gasteiger partial charge is 0.200 e. The van der Waals surface area contributed by atoms with Gasteiger partial charge in [-0.05, 0) is 36.4 Å². The number of pyridine rings is 1. The van der Waals surface area contributed by atoms with E-state index in [1.165, 1.54) is 0 Å². The van der Waals surface area contributed by atoms with Crippen molar-refractivity contribution in [3.05, 3.63) is 95.3 Å². The van der Waals surface area contributed by atoms with E-state index in [4.69, 9.17) is 11.6 Å². The second kappa shape index (κ2) is 8.06. The molecule has 28 heavy (non-hydrogen) atoms.